The Hall–Kier alpha value is -2.53. The average molecular weight is 398 g/mol. The number of nitrogens with zero attached hydrogens (tertiary/aromatic N) is 4. The number of aromatic nitrogens is 3. The van der Waals surface area contributed by atoms with Gasteiger partial charge in [-0.1, -0.05) is 5.16 Å². The van der Waals surface area contributed by atoms with Crippen LogP contribution >= 0.6 is 0 Å². The lowest BCUT2D eigenvalue weighted by Gasteiger charge is -2.35. The van der Waals surface area contributed by atoms with E-state index in [4.69, 9.17) is 4.52 Å². The average Bonchev–Trinajstić information content (AvgIpc) is 3.16. The van der Waals surface area contributed by atoms with E-state index in [2.05, 4.69) is 25.8 Å². The standard InChI is InChI=1S/C17H21F3N6O2/c18-17(19,20)13(26-9-7-22-8-10-26)11-23-14(27)1-2-15-24-16(25-28-15)12-3-5-21-6-4-12/h3-6,13,22H,1-2,7-11H2,(H,23,27). The molecule has 2 aromatic rings. The molecule has 1 amide bonds. The van der Waals surface area contributed by atoms with E-state index in [1.165, 1.54) is 4.90 Å². The molecule has 0 saturated carbocycles. The Labute approximate surface area is 159 Å². The van der Waals surface area contributed by atoms with E-state index in [1.54, 1.807) is 24.5 Å². The maximum Gasteiger partial charge on any atom is 0.405 e. The lowest BCUT2D eigenvalue weighted by Crippen LogP contribution is -2.57. The summed E-state index contributed by atoms with van der Waals surface area (Å²) in [5.41, 5.74) is 0.721. The highest BCUT2D eigenvalue weighted by molar-refractivity contribution is 5.76. The quantitative estimate of drug-likeness (QED) is 0.719. The van der Waals surface area contributed by atoms with Gasteiger partial charge in [0.2, 0.25) is 17.6 Å². The topological polar surface area (TPSA) is 96.2 Å². The first kappa shape index (κ1) is 20.2. The van der Waals surface area contributed by atoms with Crippen LogP contribution in [-0.4, -0.2) is 70.9 Å². The van der Waals surface area contributed by atoms with Crippen molar-refractivity contribution in [3.05, 3.63) is 30.4 Å². The minimum absolute atomic E-state index is 0.0376. The van der Waals surface area contributed by atoms with Gasteiger partial charge in [-0.3, -0.25) is 14.7 Å². The lowest BCUT2D eigenvalue weighted by atomic mass is 10.2. The van der Waals surface area contributed by atoms with Crippen LogP contribution in [0.4, 0.5) is 13.2 Å². The minimum Gasteiger partial charge on any atom is -0.354 e. The number of piperazine rings is 1. The van der Waals surface area contributed by atoms with Gasteiger partial charge in [-0.05, 0) is 12.1 Å². The van der Waals surface area contributed by atoms with Crippen LogP contribution < -0.4 is 10.6 Å². The first-order valence-electron chi connectivity index (χ1n) is 8.94. The normalized spacial score (nSPS) is 16.7. The molecule has 1 atom stereocenters. The van der Waals surface area contributed by atoms with Crippen LogP contribution in [0.1, 0.15) is 12.3 Å². The molecule has 0 aliphatic carbocycles. The molecule has 0 radical (unpaired) electrons. The largest absolute Gasteiger partial charge is 0.405 e. The molecule has 152 valence electrons. The molecule has 0 aromatic carbocycles. The van der Waals surface area contributed by atoms with Crippen molar-refractivity contribution in [3.63, 3.8) is 0 Å². The van der Waals surface area contributed by atoms with Gasteiger partial charge in [0, 0.05) is 63.5 Å². The van der Waals surface area contributed by atoms with Crippen LogP contribution in [0, 0.1) is 0 Å². The second-order valence-electron chi connectivity index (χ2n) is 6.40. The first-order valence-corrected chi connectivity index (χ1v) is 8.94. The van der Waals surface area contributed by atoms with E-state index in [9.17, 15) is 18.0 Å². The Balaban J connectivity index is 1.49. The number of carbonyl (C=O) groups excluding carboxylic acids is 1. The SMILES string of the molecule is O=C(CCc1nc(-c2ccncc2)no1)NCC(N1CCNCC1)C(F)(F)F. The Morgan fingerprint density at radius 1 is 1.29 bits per heavy atom. The molecule has 11 heteroatoms. The van der Waals surface area contributed by atoms with Crippen molar-refractivity contribution in [1.82, 2.24) is 30.7 Å². The summed E-state index contributed by atoms with van der Waals surface area (Å²) in [6.07, 6.45) is -1.11. The zero-order valence-corrected chi connectivity index (χ0v) is 15.1. The molecule has 1 aliphatic rings. The van der Waals surface area contributed by atoms with Gasteiger partial charge >= 0.3 is 6.18 Å². The summed E-state index contributed by atoms with van der Waals surface area (Å²) in [6.45, 7) is 1.10. The number of pyridine rings is 1. The number of alkyl halides is 3. The van der Waals surface area contributed by atoms with Crippen LogP contribution in [0.3, 0.4) is 0 Å². The summed E-state index contributed by atoms with van der Waals surface area (Å²) < 4.78 is 45.0. The number of halogens is 3. The summed E-state index contributed by atoms with van der Waals surface area (Å²) in [7, 11) is 0. The third kappa shape index (κ3) is 5.49. The minimum atomic E-state index is -4.41. The molecule has 2 aromatic heterocycles. The van der Waals surface area contributed by atoms with Crippen molar-refractivity contribution in [2.24, 2.45) is 0 Å². The molecule has 3 heterocycles. The van der Waals surface area contributed by atoms with Gasteiger partial charge in [-0.2, -0.15) is 18.2 Å². The molecular formula is C17H21F3N6O2. The highest BCUT2D eigenvalue weighted by atomic mass is 19.4. The van der Waals surface area contributed by atoms with Crippen LogP contribution in [0.15, 0.2) is 29.0 Å². The summed E-state index contributed by atoms with van der Waals surface area (Å²) in [5.74, 6) is 0.123. The maximum absolute atomic E-state index is 13.3. The fourth-order valence-corrected chi connectivity index (χ4v) is 2.94. The number of amides is 1. The molecular weight excluding hydrogens is 377 g/mol. The van der Waals surface area contributed by atoms with Gasteiger partial charge in [-0.15, -0.1) is 0 Å². The molecule has 0 bridgehead atoms. The van der Waals surface area contributed by atoms with Crippen LogP contribution in [0.2, 0.25) is 0 Å². The first-order chi connectivity index (χ1) is 13.4. The van der Waals surface area contributed by atoms with Crippen molar-refractivity contribution in [1.29, 1.82) is 0 Å². The molecule has 8 nitrogen and oxygen atoms in total. The molecule has 28 heavy (non-hydrogen) atoms. The number of hydrogen-bond acceptors (Lipinski definition) is 7. The Kier molecular flexibility index (Phi) is 6.57. The Bertz CT molecular complexity index is 762. The van der Waals surface area contributed by atoms with Crippen LogP contribution in [0.25, 0.3) is 11.4 Å². The third-order valence-electron chi connectivity index (χ3n) is 4.44. The van der Waals surface area contributed by atoms with Crippen molar-refractivity contribution < 1.29 is 22.5 Å². The summed E-state index contributed by atoms with van der Waals surface area (Å²) >= 11 is 0. The van der Waals surface area contributed by atoms with E-state index in [0.29, 0.717) is 32.0 Å². The number of rotatable bonds is 7. The fraction of sp³-hybridized carbons (Fsp3) is 0.529. The number of hydrogen-bond donors (Lipinski definition) is 2. The van der Waals surface area contributed by atoms with Crippen LogP contribution in [-0.2, 0) is 11.2 Å². The molecule has 1 aliphatic heterocycles. The van der Waals surface area contributed by atoms with Gasteiger partial charge in [0.1, 0.15) is 6.04 Å². The van der Waals surface area contributed by atoms with Gasteiger partial charge in [0.05, 0.1) is 0 Å². The molecule has 0 spiro atoms. The van der Waals surface area contributed by atoms with Crippen molar-refractivity contribution in [2.45, 2.75) is 25.1 Å². The van der Waals surface area contributed by atoms with Gasteiger partial charge in [0.25, 0.3) is 0 Å². The Morgan fingerprint density at radius 2 is 2.00 bits per heavy atom. The van der Waals surface area contributed by atoms with E-state index in [0.717, 1.165) is 5.56 Å². The third-order valence-corrected chi connectivity index (χ3v) is 4.44. The highest BCUT2D eigenvalue weighted by Crippen LogP contribution is 2.24. The molecule has 1 unspecified atom stereocenters. The van der Waals surface area contributed by atoms with Crippen LogP contribution in [0.5, 0.6) is 0 Å². The molecule has 1 fully saturated rings. The monoisotopic (exact) mass is 398 g/mol. The predicted molar refractivity (Wildman–Crippen MR) is 93.1 cm³/mol. The van der Waals surface area contributed by atoms with Gasteiger partial charge in [-0.25, -0.2) is 0 Å². The van der Waals surface area contributed by atoms with Crippen molar-refractivity contribution in [3.8, 4) is 11.4 Å². The van der Waals surface area contributed by atoms with Gasteiger partial charge in [0.15, 0.2) is 0 Å². The maximum atomic E-state index is 13.3. The molecule has 2 N–H and O–H groups in total. The summed E-state index contributed by atoms with van der Waals surface area (Å²) in [4.78, 5) is 21.4. The fourth-order valence-electron chi connectivity index (χ4n) is 2.94. The number of carbonyl (C=O) groups is 1. The highest BCUT2D eigenvalue weighted by Gasteiger charge is 2.43. The summed E-state index contributed by atoms with van der Waals surface area (Å²) in [6, 6.07) is 1.74. The zero-order valence-electron chi connectivity index (χ0n) is 15.1. The molecule has 3 rings (SSSR count). The van der Waals surface area contributed by atoms with E-state index in [-0.39, 0.29) is 18.7 Å². The molecule has 1 saturated heterocycles. The van der Waals surface area contributed by atoms with E-state index in [1.807, 2.05) is 0 Å². The van der Waals surface area contributed by atoms with Gasteiger partial charge < -0.3 is 15.2 Å². The van der Waals surface area contributed by atoms with Crippen molar-refractivity contribution in [2.75, 3.05) is 32.7 Å². The second kappa shape index (κ2) is 9.11. The Morgan fingerprint density at radius 3 is 2.68 bits per heavy atom. The predicted octanol–water partition coefficient (Wildman–Crippen LogP) is 1.02. The van der Waals surface area contributed by atoms with E-state index < -0.39 is 24.7 Å². The second-order valence-corrected chi connectivity index (χ2v) is 6.40. The summed E-state index contributed by atoms with van der Waals surface area (Å²) in [5, 5.41) is 9.22. The number of aryl methyl sites for hydroxylation is 1. The number of nitrogens with one attached hydrogen (secondary N) is 2. The lowest BCUT2D eigenvalue weighted by molar-refractivity contribution is -0.184. The van der Waals surface area contributed by atoms with Crippen molar-refractivity contribution >= 4 is 5.91 Å². The zero-order chi connectivity index (χ0) is 20.0. The smallest absolute Gasteiger partial charge is 0.354 e. The van der Waals surface area contributed by atoms with E-state index >= 15 is 0 Å².